The second-order valence-electron chi connectivity index (χ2n) is 6.37. The molecule has 0 N–H and O–H groups in total. The molecule has 0 aliphatic carbocycles. The summed E-state index contributed by atoms with van der Waals surface area (Å²) < 4.78 is 34.2. The van der Waals surface area contributed by atoms with E-state index in [-0.39, 0.29) is 0 Å². The van der Waals surface area contributed by atoms with Crippen LogP contribution in [0.5, 0.6) is 0 Å². The molecule has 0 amide bonds. The Hall–Kier alpha value is -1.99. The van der Waals surface area contributed by atoms with Crippen LogP contribution >= 0.6 is 11.8 Å². The van der Waals surface area contributed by atoms with Crippen molar-refractivity contribution in [3.05, 3.63) is 59.4 Å². The molecule has 4 nitrogen and oxygen atoms in total. The summed E-state index contributed by atoms with van der Waals surface area (Å²) in [7, 11) is -0.128. The molecule has 2 rings (SSSR count). The number of methoxy groups -OCH3 is 1. The number of esters is 1. The third-order valence-electron chi connectivity index (χ3n) is 3.30. The zero-order chi connectivity index (χ0) is 19.3. The second-order valence-corrected chi connectivity index (χ2v) is 9.39. The van der Waals surface area contributed by atoms with E-state index in [0.29, 0.717) is 20.9 Å². The molecule has 1 atom stereocenters. The number of nitrogens with zero attached hydrogens (tertiary/aromatic N) is 1. The van der Waals surface area contributed by atoms with Gasteiger partial charge in [-0.3, -0.25) is 0 Å². The SMILES string of the molecule is COC(=O)c1ccccc1Sc1ccc(F)cc1/C=N/S(=O)C(C)(C)C. The van der Waals surface area contributed by atoms with Gasteiger partial charge >= 0.3 is 5.97 Å². The predicted octanol–water partition coefficient (Wildman–Crippen LogP) is 4.64. The Kier molecular flexibility index (Phi) is 6.72. The van der Waals surface area contributed by atoms with Crippen molar-refractivity contribution in [2.45, 2.75) is 35.3 Å². The van der Waals surface area contributed by atoms with Gasteiger partial charge in [0.1, 0.15) is 16.8 Å². The molecule has 0 saturated heterocycles. The molecule has 2 aromatic rings. The molecule has 0 bridgehead atoms. The summed E-state index contributed by atoms with van der Waals surface area (Å²) in [6, 6.07) is 11.3. The van der Waals surface area contributed by atoms with E-state index in [1.165, 1.54) is 37.2 Å². The number of halogens is 1. The summed E-state index contributed by atoms with van der Waals surface area (Å²) in [6.45, 7) is 5.44. The van der Waals surface area contributed by atoms with Crippen molar-refractivity contribution in [3.63, 3.8) is 0 Å². The Morgan fingerprint density at radius 2 is 1.88 bits per heavy atom. The van der Waals surface area contributed by atoms with Crippen molar-refractivity contribution in [3.8, 4) is 0 Å². The maximum Gasteiger partial charge on any atom is 0.339 e. The van der Waals surface area contributed by atoms with Crippen LogP contribution in [0.2, 0.25) is 0 Å². The topological polar surface area (TPSA) is 55.7 Å². The van der Waals surface area contributed by atoms with Crippen LogP contribution in [0.15, 0.2) is 56.7 Å². The molecule has 0 aromatic heterocycles. The van der Waals surface area contributed by atoms with Gasteiger partial charge in [-0.15, -0.1) is 0 Å². The van der Waals surface area contributed by atoms with Crippen LogP contribution in [0.4, 0.5) is 4.39 Å². The molecule has 2 aromatic carbocycles. The first-order valence-electron chi connectivity index (χ1n) is 7.83. The van der Waals surface area contributed by atoms with Gasteiger partial charge in [-0.1, -0.05) is 23.9 Å². The highest BCUT2D eigenvalue weighted by Crippen LogP contribution is 2.33. The first kappa shape index (κ1) is 20.3. The predicted molar refractivity (Wildman–Crippen MR) is 104 cm³/mol. The highest BCUT2D eigenvalue weighted by molar-refractivity contribution is 7.99. The van der Waals surface area contributed by atoms with Crippen LogP contribution in [0.3, 0.4) is 0 Å². The molecule has 0 spiro atoms. The van der Waals surface area contributed by atoms with Crippen LogP contribution in [0.25, 0.3) is 0 Å². The lowest BCUT2D eigenvalue weighted by Gasteiger charge is -2.13. The summed E-state index contributed by atoms with van der Waals surface area (Å²) in [5, 5.41) is 0. The first-order chi connectivity index (χ1) is 12.2. The lowest BCUT2D eigenvalue weighted by Crippen LogP contribution is -2.19. The number of hydrogen-bond acceptors (Lipinski definition) is 4. The summed E-state index contributed by atoms with van der Waals surface area (Å²) in [5.74, 6) is -0.863. The van der Waals surface area contributed by atoms with Crippen molar-refractivity contribution in [2.75, 3.05) is 7.11 Å². The lowest BCUT2D eigenvalue weighted by atomic mass is 10.2. The van der Waals surface area contributed by atoms with Crippen molar-refractivity contribution in [1.29, 1.82) is 0 Å². The van der Waals surface area contributed by atoms with Crippen molar-refractivity contribution in [2.24, 2.45) is 4.40 Å². The number of rotatable bonds is 5. The monoisotopic (exact) mass is 393 g/mol. The molecule has 1 unspecified atom stereocenters. The molecule has 0 aliphatic rings. The van der Waals surface area contributed by atoms with Crippen LogP contribution in [-0.2, 0) is 15.7 Å². The van der Waals surface area contributed by atoms with E-state index in [0.717, 1.165) is 0 Å². The van der Waals surface area contributed by atoms with E-state index >= 15 is 0 Å². The molecule has 7 heteroatoms. The Balaban J connectivity index is 2.39. The summed E-state index contributed by atoms with van der Waals surface area (Å²) in [6.07, 6.45) is 1.41. The maximum absolute atomic E-state index is 13.7. The molecule has 0 fully saturated rings. The normalized spacial score (nSPS) is 13.0. The number of hydrogen-bond donors (Lipinski definition) is 0. The molecule has 26 heavy (non-hydrogen) atoms. The van der Waals surface area contributed by atoms with Gasteiger partial charge in [0.05, 0.1) is 17.4 Å². The summed E-state index contributed by atoms with van der Waals surface area (Å²) >= 11 is 1.29. The Bertz CT molecular complexity index is 860. The molecule has 0 heterocycles. The first-order valence-corrected chi connectivity index (χ1v) is 9.75. The molecule has 0 saturated carbocycles. The van der Waals surface area contributed by atoms with Gasteiger partial charge in [0, 0.05) is 21.6 Å². The molecule has 0 radical (unpaired) electrons. The largest absolute Gasteiger partial charge is 0.465 e. The van der Waals surface area contributed by atoms with Crippen LogP contribution in [-0.4, -0.2) is 28.2 Å². The highest BCUT2D eigenvalue weighted by Gasteiger charge is 2.19. The standard InChI is InChI=1S/C19H20FNO3S2/c1-19(2,3)26(23)21-12-13-11-14(20)9-10-16(13)25-17-8-6-5-7-15(17)18(22)24-4/h5-12H,1-4H3/b21-12+. The Morgan fingerprint density at radius 1 is 1.19 bits per heavy atom. The third-order valence-corrected chi connectivity index (χ3v) is 5.81. The quantitative estimate of drug-likeness (QED) is 0.548. The minimum atomic E-state index is -1.45. The van der Waals surface area contributed by atoms with Crippen molar-refractivity contribution < 1.29 is 18.1 Å². The smallest absolute Gasteiger partial charge is 0.339 e. The van der Waals surface area contributed by atoms with Gasteiger partial charge in [0.25, 0.3) is 0 Å². The summed E-state index contributed by atoms with van der Waals surface area (Å²) in [5.41, 5.74) is 0.915. The van der Waals surface area contributed by atoms with E-state index < -0.39 is 27.5 Å². The van der Waals surface area contributed by atoms with Crippen LogP contribution in [0.1, 0.15) is 36.7 Å². The fraction of sp³-hybridized carbons (Fsp3) is 0.263. The zero-order valence-electron chi connectivity index (χ0n) is 15.0. The van der Waals surface area contributed by atoms with E-state index in [1.54, 1.807) is 30.3 Å². The Morgan fingerprint density at radius 3 is 2.54 bits per heavy atom. The second kappa shape index (κ2) is 8.60. The van der Waals surface area contributed by atoms with Crippen LogP contribution < -0.4 is 0 Å². The Labute approximate surface area is 159 Å². The maximum atomic E-state index is 13.7. The number of ether oxygens (including phenoxy) is 1. The number of carbonyl (C=O) groups excluding carboxylic acids is 1. The van der Waals surface area contributed by atoms with Crippen LogP contribution in [0, 0.1) is 5.82 Å². The van der Waals surface area contributed by atoms with Gasteiger partial charge < -0.3 is 4.74 Å². The van der Waals surface area contributed by atoms with Crippen molar-refractivity contribution >= 4 is 34.9 Å². The molecular formula is C19H20FNO3S2. The number of benzene rings is 2. The van der Waals surface area contributed by atoms with Crippen molar-refractivity contribution in [1.82, 2.24) is 0 Å². The zero-order valence-corrected chi connectivity index (χ0v) is 16.6. The van der Waals surface area contributed by atoms with E-state index in [9.17, 15) is 13.4 Å². The minimum absolute atomic E-state index is 0.418. The molecule has 138 valence electrons. The minimum Gasteiger partial charge on any atom is -0.465 e. The van der Waals surface area contributed by atoms with E-state index in [4.69, 9.17) is 4.74 Å². The van der Waals surface area contributed by atoms with Gasteiger partial charge in [0.15, 0.2) is 0 Å². The average Bonchev–Trinajstić information content (AvgIpc) is 2.60. The van der Waals surface area contributed by atoms with E-state index in [2.05, 4.69) is 4.40 Å². The van der Waals surface area contributed by atoms with Gasteiger partial charge in [0.2, 0.25) is 0 Å². The molecule has 0 aliphatic heterocycles. The van der Waals surface area contributed by atoms with Gasteiger partial charge in [-0.2, -0.15) is 4.40 Å². The third kappa shape index (κ3) is 5.25. The summed E-state index contributed by atoms with van der Waals surface area (Å²) in [4.78, 5) is 13.3. The lowest BCUT2D eigenvalue weighted by molar-refractivity contribution is 0.0597. The van der Waals surface area contributed by atoms with E-state index in [1.807, 2.05) is 20.8 Å². The van der Waals surface area contributed by atoms with Gasteiger partial charge in [-0.05, 0) is 51.1 Å². The van der Waals surface area contributed by atoms with Gasteiger partial charge in [-0.25, -0.2) is 13.4 Å². The fourth-order valence-electron chi connectivity index (χ4n) is 1.93. The fourth-order valence-corrected chi connectivity index (χ4v) is 3.46. The highest BCUT2D eigenvalue weighted by atomic mass is 32.2. The average molecular weight is 394 g/mol. The molecular weight excluding hydrogens is 373 g/mol. The number of carbonyl (C=O) groups is 1.